The van der Waals surface area contributed by atoms with Gasteiger partial charge in [0.25, 0.3) is 0 Å². The number of rotatable bonds is 6. The summed E-state index contributed by atoms with van der Waals surface area (Å²) in [5.74, 6) is 0.873. The molecule has 23 heavy (non-hydrogen) atoms. The Hall–Kier alpha value is -2.87. The van der Waals surface area contributed by atoms with Gasteiger partial charge in [-0.1, -0.05) is 0 Å². The lowest BCUT2D eigenvalue weighted by Crippen LogP contribution is -2.12. The lowest BCUT2D eigenvalue weighted by molar-refractivity contribution is 0.324. The zero-order chi connectivity index (χ0) is 16.2. The number of benzene rings is 1. The van der Waals surface area contributed by atoms with Crippen LogP contribution in [0.25, 0.3) is 5.65 Å². The summed E-state index contributed by atoms with van der Waals surface area (Å²) in [6.45, 7) is 1.12. The molecular weight excluding hydrogens is 299 g/mol. The number of nitrogen functional groups attached to an aromatic ring is 1. The Morgan fingerprint density at radius 1 is 1.30 bits per heavy atom. The molecule has 2 heterocycles. The summed E-state index contributed by atoms with van der Waals surface area (Å²) >= 11 is 0. The van der Waals surface area contributed by atoms with E-state index in [2.05, 4.69) is 15.4 Å². The van der Waals surface area contributed by atoms with Gasteiger partial charge in [-0.05, 0) is 24.3 Å². The van der Waals surface area contributed by atoms with E-state index >= 15 is 0 Å². The number of anilines is 2. The quantitative estimate of drug-likeness (QED) is 0.635. The van der Waals surface area contributed by atoms with Gasteiger partial charge < -0.3 is 21.5 Å². The maximum atomic E-state index is 13.5. The van der Waals surface area contributed by atoms with Crippen molar-refractivity contribution in [2.24, 2.45) is 5.73 Å². The van der Waals surface area contributed by atoms with Crippen molar-refractivity contribution < 1.29 is 9.13 Å². The summed E-state index contributed by atoms with van der Waals surface area (Å²) in [5, 5.41) is 7.19. The Labute approximate surface area is 132 Å². The highest BCUT2D eigenvalue weighted by Gasteiger charge is 2.07. The van der Waals surface area contributed by atoms with E-state index in [9.17, 15) is 4.39 Å². The predicted octanol–water partition coefficient (Wildman–Crippen LogP) is 1.40. The Morgan fingerprint density at radius 2 is 2.17 bits per heavy atom. The fourth-order valence-corrected chi connectivity index (χ4v) is 2.17. The van der Waals surface area contributed by atoms with Crippen LogP contribution < -0.4 is 21.5 Å². The predicted molar refractivity (Wildman–Crippen MR) is 85.7 cm³/mol. The first-order valence-corrected chi connectivity index (χ1v) is 7.12. The van der Waals surface area contributed by atoms with E-state index < -0.39 is 0 Å². The SMILES string of the molecule is NCCOc1ccc(F)cc1CNc1ccn2ncc(N)c2n1. The third-order valence-corrected chi connectivity index (χ3v) is 3.25. The fourth-order valence-electron chi connectivity index (χ4n) is 2.17. The molecule has 0 aliphatic carbocycles. The van der Waals surface area contributed by atoms with Gasteiger partial charge in [0.05, 0.1) is 11.9 Å². The van der Waals surface area contributed by atoms with Crippen molar-refractivity contribution in [3.63, 3.8) is 0 Å². The Balaban J connectivity index is 1.78. The monoisotopic (exact) mass is 316 g/mol. The zero-order valence-electron chi connectivity index (χ0n) is 12.4. The summed E-state index contributed by atoms with van der Waals surface area (Å²) in [5.41, 5.74) is 13.0. The smallest absolute Gasteiger partial charge is 0.180 e. The molecule has 120 valence electrons. The van der Waals surface area contributed by atoms with Gasteiger partial charge >= 0.3 is 0 Å². The van der Waals surface area contributed by atoms with E-state index in [1.54, 1.807) is 22.8 Å². The van der Waals surface area contributed by atoms with Crippen LogP contribution in [-0.4, -0.2) is 27.7 Å². The van der Waals surface area contributed by atoms with Crippen LogP contribution in [0, 0.1) is 5.82 Å². The van der Waals surface area contributed by atoms with E-state index in [1.165, 1.54) is 18.3 Å². The number of hydrogen-bond donors (Lipinski definition) is 3. The zero-order valence-corrected chi connectivity index (χ0v) is 12.4. The largest absolute Gasteiger partial charge is 0.492 e. The van der Waals surface area contributed by atoms with Gasteiger partial charge in [0.15, 0.2) is 5.65 Å². The van der Waals surface area contributed by atoms with E-state index in [0.29, 0.717) is 48.2 Å². The molecule has 0 saturated carbocycles. The molecule has 0 amide bonds. The Kier molecular flexibility index (Phi) is 4.24. The molecule has 0 fully saturated rings. The van der Waals surface area contributed by atoms with E-state index in [4.69, 9.17) is 16.2 Å². The van der Waals surface area contributed by atoms with Crippen molar-refractivity contribution in [1.82, 2.24) is 14.6 Å². The molecule has 0 aliphatic heterocycles. The first-order chi connectivity index (χ1) is 11.2. The molecule has 0 aliphatic rings. The fraction of sp³-hybridized carbons (Fsp3) is 0.200. The molecule has 7 nitrogen and oxygen atoms in total. The van der Waals surface area contributed by atoms with Crippen molar-refractivity contribution in [3.8, 4) is 5.75 Å². The highest BCUT2D eigenvalue weighted by Crippen LogP contribution is 2.21. The molecule has 0 spiro atoms. The van der Waals surface area contributed by atoms with Gasteiger partial charge in [0, 0.05) is 24.8 Å². The number of hydrogen-bond acceptors (Lipinski definition) is 6. The molecule has 0 unspecified atom stereocenters. The molecule has 8 heteroatoms. The van der Waals surface area contributed by atoms with Gasteiger partial charge in [-0.15, -0.1) is 0 Å². The molecule has 5 N–H and O–H groups in total. The van der Waals surface area contributed by atoms with Crippen molar-refractivity contribution in [3.05, 3.63) is 48.0 Å². The standard InChI is InChI=1S/C15H17FN6O/c16-11-1-2-13(23-6-4-17)10(7-11)8-19-14-3-5-22-15(21-14)12(18)9-20-22/h1-3,5,7,9H,4,6,8,17-18H2,(H,19,21). The van der Waals surface area contributed by atoms with Crippen LogP contribution in [-0.2, 0) is 6.54 Å². The van der Waals surface area contributed by atoms with Crippen LogP contribution in [0.3, 0.4) is 0 Å². The van der Waals surface area contributed by atoms with Gasteiger partial charge in [-0.3, -0.25) is 0 Å². The molecule has 0 radical (unpaired) electrons. The second-order valence-electron chi connectivity index (χ2n) is 4.92. The van der Waals surface area contributed by atoms with Crippen LogP contribution in [0.1, 0.15) is 5.56 Å². The van der Waals surface area contributed by atoms with Gasteiger partial charge in [-0.2, -0.15) is 5.10 Å². The summed E-state index contributed by atoms with van der Waals surface area (Å²) < 4.78 is 20.6. The number of nitrogens with two attached hydrogens (primary N) is 2. The van der Waals surface area contributed by atoms with Crippen LogP contribution in [0.15, 0.2) is 36.7 Å². The topological polar surface area (TPSA) is 103 Å². The lowest BCUT2D eigenvalue weighted by Gasteiger charge is -2.12. The van der Waals surface area contributed by atoms with Gasteiger partial charge in [-0.25, -0.2) is 13.9 Å². The Morgan fingerprint density at radius 3 is 3.00 bits per heavy atom. The molecule has 3 rings (SSSR count). The normalized spacial score (nSPS) is 10.9. The minimum absolute atomic E-state index is 0.328. The van der Waals surface area contributed by atoms with Crippen LogP contribution in [0.5, 0.6) is 5.75 Å². The summed E-state index contributed by atoms with van der Waals surface area (Å²) in [6.07, 6.45) is 3.29. The minimum Gasteiger partial charge on any atom is -0.492 e. The number of aromatic nitrogens is 3. The number of ether oxygens (including phenoxy) is 1. The van der Waals surface area contributed by atoms with Crippen molar-refractivity contribution in [2.45, 2.75) is 6.54 Å². The average molecular weight is 316 g/mol. The number of fused-ring (bicyclic) bond motifs is 1. The second-order valence-corrected chi connectivity index (χ2v) is 4.92. The summed E-state index contributed by atoms with van der Waals surface area (Å²) in [7, 11) is 0. The van der Waals surface area contributed by atoms with Crippen LogP contribution in [0.4, 0.5) is 15.9 Å². The average Bonchev–Trinajstić information content (AvgIpc) is 2.93. The summed E-state index contributed by atoms with van der Waals surface area (Å²) in [6, 6.07) is 6.13. The van der Waals surface area contributed by atoms with Gasteiger partial charge in [0.2, 0.25) is 0 Å². The Bertz CT molecular complexity index is 819. The molecule has 0 saturated heterocycles. The molecule has 1 aromatic carbocycles. The highest BCUT2D eigenvalue weighted by atomic mass is 19.1. The third-order valence-electron chi connectivity index (χ3n) is 3.25. The number of nitrogens with zero attached hydrogens (tertiary/aromatic N) is 3. The summed E-state index contributed by atoms with van der Waals surface area (Å²) in [4.78, 5) is 4.37. The van der Waals surface area contributed by atoms with Gasteiger partial charge in [0.1, 0.15) is 24.0 Å². The van der Waals surface area contributed by atoms with Crippen LogP contribution >= 0.6 is 0 Å². The van der Waals surface area contributed by atoms with Crippen molar-refractivity contribution >= 4 is 17.2 Å². The van der Waals surface area contributed by atoms with Crippen molar-refractivity contribution in [2.75, 3.05) is 24.2 Å². The van der Waals surface area contributed by atoms with Crippen molar-refractivity contribution in [1.29, 1.82) is 0 Å². The number of halogens is 1. The molecule has 0 bridgehead atoms. The number of nitrogens with one attached hydrogen (secondary N) is 1. The molecular formula is C15H17FN6O. The first-order valence-electron chi connectivity index (χ1n) is 7.12. The molecule has 2 aromatic heterocycles. The van der Waals surface area contributed by atoms with E-state index in [1.807, 2.05) is 0 Å². The maximum Gasteiger partial charge on any atom is 0.180 e. The third kappa shape index (κ3) is 3.32. The van der Waals surface area contributed by atoms with E-state index in [-0.39, 0.29) is 5.82 Å². The van der Waals surface area contributed by atoms with Crippen LogP contribution in [0.2, 0.25) is 0 Å². The molecule has 3 aromatic rings. The lowest BCUT2D eigenvalue weighted by atomic mass is 10.2. The van der Waals surface area contributed by atoms with E-state index in [0.717, 1.165) is 0 Å². The first kappa shape index (κ1) is 15.0. The minimum atomic E-state index is -0.328. The highest BCUT2D eigenvalue weighted by molar-refractivity contribution is 5.65. The maximum absolute atomic E-state index is 13.5. The second kappa shape index (κ2) is 6.49. The molecule has 0 atom stereocenters.